The van der Waals surface area contributed by atoms with Crippen LogP contribution >= 0.6 is 0 Å². The molecule has 0 aliphatic carbocycles. The van der Waals surface area contributed by atoms with E-state index >= 15 is 0 Å². The molecule has 0 unspecified atom stereocenters. The Balaban J connectivity index is 1.74. The number of carbonyl (C=O) groups excluding carboxylic acids is 1. The average molecular weight is 368 g/mol. The number of ether oxygens (including phenoxy) is 1. The number of phenolic OH excluding ortho intramolecular Hbond substituents is 1. The Morgan fingerprint density at radius 1 is 1.15 bits per heavy atom. The second-order valence-corrected chi connectivity index (χ2v) is 8.02. The Hall–Kier alpha value is -2.37. The summed E-state index contributed by atoms with van der Waals surface area (Å²) in [4.78, 5) is 15.0. The van der Waals surface area contributed by atoms with Crippen LogP contribution in [0.4, 0.5) is 5.69 Å². The normalized spacial score (nSPS) is 15.5. The van der Waals surface area contributed by atoms with Gasteiger partial charge < -0.3 is 15.2 Å². The van der Waals surface area contributed by atoms with E-state index in [2.05, 4.69) is 31.0 Å². The van der Waals surface area contributed by atoms with Crippen LogP contribution in [-0.2, 0) is 16.7 Å². The number of carbonyl (C=O) groups is 1. The maximum Gasteiger partial charge on any atom is 0.255 e. The molecule has 0 atom stereocenters. The molecule has 1 heterocycles. The predicted octanol–water partition coefficient (Wildman–Crippen LogP) is 3.77. The maximum absolute atomic E-state index is 12.7. The van der Waals surface area contributed by atoms with E-state index in [-0.39, 0.29) is 17.1 Å². The van der Waals surface area contributed by atoms with Crippen LogP contribution in [0.2, 0.25) is 0 Å². The molecule has 2 aromatic rings. The molecule has 27 heavy (non-hydrogen) atoms. The summed E-state index contributed by atoms with van der Waals surface area (Å²) in [6.45, 7) is 10.4. The topological polar surface area (TPSA) is 61.8 Å². The average Bonchev–Trinajstić information content (AvgIpc) is 2.63. The van der Waals surface area contributed by atoms with Gasteiger partial charge in [0, 0.05) is 25.2 Å². The number of aromatic hydroxyl groups is 1. The third-order valence-electron chi connectivity index (χ3n) is 4.81. The number of nitrogens with one attached hydrogen (secondary N) is 1. The molecule has 1 saturated heterocycles. The largest absolute Gasteiger partial charge is 0.506 e. The molecule has 0 radical (unpaired) electrons. The predicted molar refractivity (Wildman–Crippen MR) is 107 cm³/mol. The molecule has 0 spiro atoms. The molecule has 2 aromatic carbocycles. The monoisotopic (exact) mass is 368 g/mol. The number of rotatable bonds is 4. The summed E-state index contributed by atoms with van der Waals surface area (Å²) >= 11 is 0. The summed E-state index contributed by atoms with van der Waals surface area (Å²) in [5, 5.41) is 13.0. The van der Waals surface area contributed by atoms with Crippen molar-refractivity contribution >= 4 is 11.6 Å². The number of phenols is 1. The number of nitrogens with zero attached hydrogens (tertiary/aromatic N) is 1. The van der Waals surface area contributed by atoms with Crippen LogP contribution in [-0.4, -0.2) is 42.2 Å². The molecular weight excluding hydrogens is 340 g/mol. The zero-order valence-corrected chi connectivity index (χ0v) is 16.3. The van der Waals surface area contributed by atoms with E-state index in [1.807, 2.05) is 30.3 Å². The van der Waals surface area contributed by atoms with Crippen LogP contribution in [0, 0.1) is 0 Å². The Morgan fingerprint density at radius 3 is 2.59 bits per heavy atom. The van der Waals surface area contributed by atoms with Crippen molar-refractivity contribution < 1.29 is 14.6 Å². The third kappa shape index (κ3) is 5.08. The van der Waals surface area contributed by atoms with Crippen molar-refractivity contribution in [1.82, 2.24) is 4.90 Å². The van der Waals surface area contributed by atoms with Gasteiger partial charge in [-0.1, -0.05) is 39.0 Å². The van der Waals surface area contributed by atoms with Crippen molar-refractivity contribution in [3.05, 3.63) is 59.2 Å². The van der Waals surface area contributed by atoms with Gasteiger partial charge in [-0.25, -0.2) is 0 Å². The lowest BCUT2D eigenvalue weighted by molar-refractivity contribution is 0.0342. The highest BCUT2D eigenvalue weighted by atomic mass is 16.5. The summed E-state index contributed by atoms with van der Waals surface area (Å²) in [5.41, 5.74) is 3.10. The van der Waals surface area contributed by atoms with Gasteiger partial charge in [0.15, 0.2) is 0 Å². The van der Waals surface area contributed by atoms with Gasteiger partial charge in [-0.3, -0.25) is 9.69 Å². The van der Waals surface area contributed by atoms with E-state index in [1.165, 1.54) is 0 Å². The van der Waals surface area contributed by atoms with E-state index in [0.29, 0.717) is 11.3 Å². The van der Waals surface area contributed by atoms with E-state index in [1.54, 1.807) is 12.1 Å². The molecule has 5 nitrogen and oxygen atoms in total. The van der Waals surface area contributed by atoms with Crippen molar-refractivity contribution in [2.45, 2.75) is 32.7 Å². The van der Waals surface area contributed by atoms with Crippen LogP contribution < -0.4 is 5.32 Å². The zero-order valence-electron chi connectivity index (χ0n) is 16.3. The van der Waals surface area contributed by atoms with Crippen LogP contribution in [0.5, 0.6) is 5.75 Å². The Labute approximate surface area is 161 Å². The highest BCUT2D eigenvalue weighted by Gasteiger charge is 2.17. The molecular formula is C22H28N2O3. The number of morpholine rings is 1. The van der Waals surface area contributed by atoms with E-state index in [4.69, 9.17) is 4.74 Å². The fourth-order valence-electron chi connectivity index (χ4n) is 3.13. The molecule has 1 amide bonds. The second-order valence-electron chi connectivity index (χ2n) is 8.02. The highest BCUT2D eigenvalue weighted by Crippen LogP contribution is 2.31. The van der Waals surface area contributed by atoms with Crippen LogP contribution in [0.15, 0.2) is 42.5 Å². The molecule has 1 fully saturated rings. The Bertz CT molecular complexity index is 805. The standard InChI is InChI=1S/C22H28N2O3/c1-22(2,3)18-7-8-20(25)19(14-18)23-21(26)17-6-4-5-16(13-17)15-24-9-11-27-12-10-24/h4-8,13-14,25H,9-12,15H2,1-3H3,(H,23,26). The van der Waals surface area contributed by atoms with Gasteiger partial charge in [-0.15, -0.1) is 0 Å². The summed E-state index contributed by atoms with van der Waals surface area (Å²) in [7, 11) is 0. The van der Waals surface area contributed by atoms with Gasteiger partial charge in [-0.2, -0.15) is 0 Å². The minimum atomic E-state index is -0.222. The van der Waals surface area contributed by atoms with Crippen LogP contribution in [0.3, 0.4) is 0 Å². The van der Waals surface area contributed by atoms with Crippen molar-refractivity contribution in [3.8, 4) is 5.75 Å². The minimum absolute atomic E-state index is 0.0642. The van der Waals surface area contributed by atoms with Gasteiger partial charge in [-0.05, 0) is 40.8 Å². The molecule has 1 aliphatic rings. The molecule has 1 aliphatic heterocycles. The zero-order chi connectivity index (χ0) is 19.4. The summed E-state index contributed by atoms with van der Waals surface area (Å²) < 4.78 is 5.38. The Kier molecular flexibility index (Phi) is 5.82. The Morgan fingerprint density at radius 2 is 1.89 bits per heavy atom. The second kappa shape index (κ2) is 8.11. The lowest BCUT2D eigenvalue weighted by Crippen LogP contribution is -2.35. The van der Waals surface area contributed by atoms with Gasteiger partial charge in [0.1, 0.15) is 5.75 Å². The van der Waals surface area contributed by atoms with Gasteiger partial charge in [0.25, 0.3) is 5.91 Å². The number of anilines is 1. The molecule has 3 rings (SSSR count). The molecule has 0 bridgehead atoms. The minimum Gasteiger partial charge on any atom is -0.506 e. The summed E-state index contributed by atoms with van der Waals surface area (Å²) in [5.74, 6) is -0.152. The molecule has 144 valence electrons. The smallest absolute Gasteiger partial charge is 0.255 e. The van der Waals surface area contributed by atoms with Gasteiger partial charge in [0.05, 0.1) is 18.9 Å². The third-order valence-corrected chi connectivity index (χ3v) is 4.81. The number of hydrogen-bond acceptors (Lipinski definition) is 4. The first-order valence-electron chi connectivity index (χ1n) is 9.37. The molecule has 5 heteroatoms. The van der Waals surface area contributed by atoms with Crippen LogP contribution in [0.1, 0.15) is 42.3 Å². The first-order valence-corrected chi connectivity index (χ1v) is 9.37. The SMILES string of the molecule is CC(C)(C)c1ccc(O)c(NC(=O)c2cccc(CN3CCOCC3)c2)c1. The number of hydrogen-bond donors (Lipinski definition) is 2. The van der Waals surface area contributed by atoms with Gasteiger partial charge in [0.2, 0.25) is 0 Å². The molecule has 0 saturated carbocycles. The summed E-state index contributed by atoms with van der Waals surface area (Å²) in [6, 6.07) is 13.0. The van der Waals surface area contributed by atoms with E-state index in [0.717, 1.165) is 44.0 Å². The summed E-state index contributed by atoms with van der Waals surface area (Å²) in [6.07, 6.45) is 0. The van der Waals surface area contributed by atoms with Crippen LogP contribution in [0.25, 0.3) is 0 Å². The highest BCUT2D eigenvalue weighted by molar-refractivity contribution is 6.05. The van der Waals surface area contributed by atoms with Gasteiger partial charge >= 0.3 is 0 Å². The first kappa shape index (κ1) is 19.4. The first-order chi connectivity index (χ1) is 12.8. The lowest BCUT2D eigenvalue weighted by Gasteiger charge is -2.26. The van der Waals surface area contributed by atoms with Crippen molar-refractivity contribution in [1.29, 1.82) is 0 Å². The van der Waals surface area contributed by atoms with E-state index in [9.17, 15) is 9.90 Å². The fraction of sp³-hybridized carbons (Fsp3) is 0.409. The van der Waals surface area contributed by atoms with Crippen molar-refractivity contribution in [3.63, 3.8) is 0 Å². The van der Waals surface area contributed by atoms with Crippen molar-refractivity contribution in [2.75, 3.05) is 31.6 Å². The quantitative estimate of drug-likeness (QED) is 0.807. The molecule has 2 N–H and O–H groups in total. The van der Waals surface area contributed by atoms with Crippen molar-refractivity contribution in [2.24, 2.45) is 0 Å². The van der Waals surface area contributed by atoms with E-state index < -0.39 is 0 Å². The fourth-order valence-corrected chi connectivity index (χ4v) is 3.13. The maximum atomic E-state index is 12.7. The number of benzene rings is 2. The lowest BCUT2D eigenvalue weighted by atomic mass is 9.87. The molecule has 0 aromatic heterocycles. The number of amides is 1.